The number of aromatic nitrogens is 2. The summed E-state index contributed by atoms with van der Waals surface area (Å²) >= 11 is 6.06. The topological polar surface area (TPSA) is 34.9 Å². The summed E-state index contributed by atoms with van der Waals surface area (Å²) in [5.41, 5.74) is 4.76. The van der Waals surface area contributed by atoms with Gasteiger partial charge < -0.3 is 0 Å². The van der Waals surface area contributed by atoms with Crippen molar-refractivity contribution < 1.29 is 18.0 Å². The van der Waals surface area contributed by atoms with Crippen molar-refractivity contribution in [3.63, 3.8) is 0 Å². The lowest BCUT2D eigenvalue weighted by atomic mass is 9.98. The molecule has 0 aliphatic heterocycles. The number of hydrogen-bond donors (Lipinski definition) is 0. The Morgan fingerprint density at radius 2 is 1.81 bits per heavy atom. The summed E-state index contributed by atoms with van der Waals surface area (Å²) in [4.78, 5) is 10.8. The number of halogens is 4. The molecule has 0 fully saturated rings. The van der Waals surface area contributed by atoms with E-state index in [9.17, 15) is 18.0 Å². The van der Waals surface area contributed by atoms with Crippen LogP contribution < -0.4 is 0 Å². The molecule has 0 spiro atoms. The fourth-order valence-electron chi connectivity index (χ4n) is 3.92. The molecule has 0 aliphatic carbocycles. The summed E-state index contributed by atoms with van der Waals surface area (Å²) < 4.78 is 40.7. The minimum absolute atomic E-state index is 0.164. The van der Waals surface area contributed by atoms with Crippen molar-refractivity contribution in [1.82, 2.24) is 9.78 Å². The van der Waals surface area contributed by atoms with Gasteiger partial charge in [0.25, 0.3) is 0 Å². The highest BCUT2D eigenvalue weighted by molar-refractivity contribution is 6.30. The Hall–Kier alpha value is -3.12. The van der Waals surface area contributed by atoms with Crippen LogP contribution in [0.15, 0.2) is 66.9 Å². The van der Waals surface area contributed by atoms with Crippen molar-refractivity contribution in [3.05, 3.63) is 88.6 Å². The molecule has 4 aromatic rings. The van der Waals surface area contributed by atoms with E-state index in [2.05, 4.69) is 5.10 Å². The lowest BCUT2D eigenvalue weighted by Crippen LogP contribution is -2.16. The number of rotatable bonds is 6. The molecule has 0 aliphatic rings. The zero-order valence-corrected chi connectivity index (χ0v) is 17.9. The fourth-order valence-corrected chi connectivity index (χ4v) is 4.15. The highest BCUT2D eigenvalue weighted by Gasteiger charge is 2.30. The van der Waals surface area contributed by atoms with Crippen LogP contribution in [0.25, 0.3) is 22.0 Å². The SMILES string of the molecule is Cc1cc(Cl)ccc1-c1ccc2c(cnn2C(CCC(F)(F)F)c2ccc([C]=O)cc2)c1. The maximum absolute atomic E-state index is 13.0. The van der Waals surface area contributed by atoms with Gasteiger partial charge in [0.1, 0.15) is 0 Å². The molecule has 1 unspecified atom stereocenters. The van der Waals surface area contributed by atoms with Crippen molar-refractivity contribution in [3.8, 4) is 11.1 Å². The molecule has 0 saturated carbocycles. The van der Waals surface area contributed by atoms with Crippen LogP contribution in [-0.2, 0) is 4.79 Å². The van der Waals surface area contributed by atoms with Gasteiger partial charge in [-0.25, -0.2) is 0 Å². The first kappa shape index (κ1) is 22.1. The second-order valence-corrected chi connectivity index (χ2v) is 8.15. The number of nitrogens with zero attached hydrogens (tertiary/aromatic N) is 2. The minimum Gasteiger partial charge on any atom is -0.285 e. The van der Waals surface area contributed by atoms with Crippen molar-refractivity contribution >= 4 is 28.8 Å². The second-order valence-electron chi connectivity index (χ2n) is 7.72. The lowest BCUT2D eigenvalue weighted by Gasteiger charge is -2.20. The largest absolute Gasteiger partial charge is 0.389 e. The molecule has 3 aromatic carbocycles. The van der Waals surface area contributed by atoms with Crippen LogP contribution in [0.3, 0.4) is 0 Å². The van der Waals surface area contributed by atoms with Crippen LogP contribution in [-0.4, -0.2) is 22.2 Å². The van der Waals surface area contributed by atoms with E-state index in [-0.39, 0.29) is 6.42 Å². The Morgan fingerprint density at radius 1 is 1.06 bits per heavy atom. The smallest absolute Gasteiger partial charge is 0.285 e. The lowest BCUT2D eigenvalue weighted by molar-refractivity contribution is -0.136. The monoisotopic (exact) mass is 455 g/mol. The van der Waals surface area contributed by atoms with Gasteiger partial charge in [-0.3, -0.25) is 9.48 Å². The molecule has 1 heterocycles. The number of alkyl halides is 3. The molecule has 1 radical (unpaired) electrons. The Bertz CT molecular complexity index is 1260. The Labute approximate surface area is 188 Å². The fraction of sp³-hybridized carbons (Fsp3) is 0.200. The van der Waals surface area contributed by atoms with Crippen molar-refractivity contribution in [2.75, 3.05) is 0 Å². The number of fused-ring (bicyclic) bond motifs is 1. The third-order valence-electron chi connectivity index (χ3n) is 5.50. The van der Waals surface area contributed by atoms with Crippen LogP contribution in [0, 0.1) is 6.92 Å². The number of hydrogen-bond acceptors (Lipinski definition) is 2. The van der Waals surface area contributed by atoms with Gasteiger partial charge in [-0.1, -0.05) is 48.0 Å². The van der Waals surface area contributed by atoms with E-state index < -0.39 is 18.6 Å². The molecule has 1 atom stereocenters. The molecule has 4 rings (SSSR count). The summed E-state index contributed by atoms with van der Waals surface area (Å²) in [5.74, 6) is 0. The zero-order valence-electron chi connectivity index (χ0n) is 17.2. The Kier molecular flexibility index (Phi) is 6.07. The van der Waals surface area contributed by atoms with Gasteiger partial charge in [-0.15, -0.1) is 0 Å². The molecular weight excluding hydrogens is 437 g/mol. The molecule has 3 nitrogen and oxygen atoms in total. The average Bonchev–Trinajstić information content (AvgIpc) is 3.16. The Balaban J connectivity index is 1.75. The standard InChI is InChI=1S/C25H19ClF3N2O/c1-16-12-21(26)7-8-22(16)19-6-9-23-20(13-19)14-30-31(23)24(10-11-25(27,28)29)18-4-2-17(15-32)3-5-18/h2-9,12-14,24H,10-11H2,1H3. The summed E-state index contributed by atoms with van der Waals surface area (Å²) in [6.07, 6.45) is -1.94. The highest BCUT2D eigenvalue weighted by atomic mass is 35.5. The quantitative estimate of drug-likeness (QED) is 0.312. The van der Waals surface area contributed by atoms with E-state index in [4.69, 9.17) is 11.6 Å². The van der Waals surface area contributed by atoms with E-state index in [0.29, 0.717) is 16.1 Å². The third kappa shape index (κ3) is 4.70. The van der Waals surface area contributed by atoms with Crippen molar-refractivity contribution in [2.24, 2.45) is 0 Å². The number of aryl methyl sites for hydroxylation is 1. The van der Waals surface area contributed by atoms with Gasteiger partial charge in [0.05, 0.1) is 17.8 Å². The van der Waals surface area contributed by atoms with Gasteiger partial charge in [0.15, 0.2) is 0 Å². The summed E-state index contributed by atoms with van der Waals surface area (Å²) in [6, 6.07) is 17.2. The Morgan fingerprint density at radius 3 is 2.47 bits per heavy atom. The number of carbonyl (C=O) groups excluding carboxylic acids is 1. The molecule has 0 bridgehead atoms. The molecular formula is C25H19ClF3N2O. The molecule has 7 heteroatoms. The maximum Gasteiger partial charge on any atom is 0.389 e. The van der Waals surface area contributed by atoms with Gasteiger partial charge >= 0.3 is 6.18 Å². The first-order chi connectivity index (χ1) is 15.2. The highest BCUT2D eigenvalue weighted by Crippen LogP contribution is 2.34. The molecule has 1 aromatic heterocycles. The van der Waals surface area contributed by atoms with Crippen LogP contribution in [0.1, 0.15) is 35.6 Å². The molecule has 32 heavy (non-hydrogen) atoms. The van der Waals surface area contributed by atoms with Gasteiger partial charge in [-0.2, -0.15) is 18.3 Å². The van der Waals surface area contributed by atoms with Gasteiger partial charge in [0.2, 0.25) is 6.29 Å². The van der Waals surface area contributed by atoms with E-state index in [1.165, 1.54) is 0 Å². The number of benzene rings is 3. The predicted molar refractivity (Wildman–Crippen MR) is 120 cm³/mol. The first-order valence-corrected chi connectivity index (χ1v) is 10.4. The van der Waals surface area contributed by atoms with E-state index in [0.717, 1.165) is 27.6 Å². The van der Waals surface area contributed by atoms with E-state index in [1.54, 1.807) is 41.4 Å². The predicted octanol–water partition coefficient (Wildman–Crippen LogP) is 7.05. The van der Waals surface area contributed by atoms with Gasteiger partial charge in [-0.05, 0) is 59.9 Å². The summed E-state index contributed by atoms with van der Waals surface area (Å²) in [6.45, 7) is 1.97. The van der Waals surface area contributed by atoms with Crippen LogP contribution in [0.5, 0.6) is 0 Å². The molecule has 0 N–H and O–H groups in total. The second kappa shape index (κ2) is 8.79. The average molecular weight is 456 g/mol. The molecule has 0 amide bonds. The maximum atomic E-state index is 13.0. The van der Waals surface area contributed by atoms with Gasteiger partial charge in [0, 0.05) is 22.4 Å². The first-order valence-electron chi connectivity index (χ1n) is 10.0. The van der Waals surface area contributed by atoms with E-state index >= 15 is 0 Å². The molecule has 0 saturated heterocycles. The minimum atomic E-state index is -4.28. The van der Waals surface area contributed by atoms with Crippen LogP contribution in [0.2, 0.25) is 5.02 Å². The normalized spacial score (nSPS) is 12.8. The van der Waals surface area contributed by atoms with Crippen LogP contribution in [0.4, 0.5) is 13.2 Å². The van der Waals surface area contributed by atoms with E-state index in [1.807, 2.05) is 43.3 Å². The van der Waals surface area contributed by atoms with Crippen molar-refractivity contribution in [2.45, 2.75) is 32.0 Å². The van der Waals surface area contributed by atoms with Crippen LogP contribution >= 0.6 is 11.6 Å². The summed E-state index contributed by atoms with van der Waals surface area (Å²) in [7, 11) is 0. The zero-order chi connectivity index (χ0) is 22.9. The summed E-state index contributed by atoms with van der Waals surface area (Å²) in [5, 5.41) is 5.92. The van der Waals surface area contributed by atoms with Crippen molar-refractivity contribution in [1.29, 1.82) is 0 Å². The molecule has 163 valence electrons. The third-order valence-corrected chi connectivity index (χ3v) is 5.74.